The molecule has 2 amide bonds. The van der Waals surface area contributed by atoms with Gasteiger partial charge in [0.1, 0.15) is 5.57 Å². The molecule has 122 valence electrons. The third kappa shape index (κ3) is 4.57. The minimum Gasteiger partial charge on any atom is -0.355 e. The van der Waals surface area contributed by atoms with Gasteiger partial charge in [-0.25, -0.2) is 0 Å². The smallest absolute Gasteiger partial charge is 0.257 e. The molecule has 0 aliphatic heterocycles. The minimum atomic E-state index is -0.555. The van der Waals surface area contributed by atoms with Gasteiger partial charge in [0.2, 0.25) is 0 Å². The Morgan fingerprint density at radius 1 is 1.04 bits per heavy atom. The van der Waals surface area contributed by atoms with Gasteiger partial charge < -0.3 is 16.0 Å². The fourth-order valence-corrected chi connectivity index (χ4v) is 1.91. The molecule has 0 bridgehead atoms. The Balaban J connectivity index is 2.15. The zero-order chi connectivity index (χ0) is 17.4. The van der Waals surface area contributed by atoms with Crippen LogP contribution in [0.15, 0.2) is 60.7 Å². The Kier molecular flexibility index (Phi) is 5.90. The fraction of sp³-hybridized carbons (Fsp3) is 0.118. The van der Waals surface area contributed by atoms with E-state index < -0.39 is 11.8 Å². The summed E-state index contributed by atoms with van der Waals surface area (Å²) in [6.07, 6.45) is 7.57. The Morgan fingerprint density at radius 2 is 1.62 bits per heavy atom. The van der Waals surface area contributed by atoms with Gasteiger partial charge in [-0.15, -0.1) is 0 Å². The van der Waals surface area contributed by atoms with Crippen LogP contribution in [0.5, 0.6) is 0 Å². The van der Waals surface area contributed by atoms with Crippen LogP contribution in [-0.4, -0.2) is 34.5 Å². The highest BCUT2D eigenvalue weighted by Gasteiger charge is 2.18. The molecule has 0 unspecified atom stereocenters. The molecule has 0 radical (unpaired) electrons. The number of pyridine rings is 2. The third-order valence-corrected chi connectivity index (χ3v) is 3.20. The predicted molar refractivity (Wildman–Crippen MR) is 89.3 cm³/mol. The molecule has 0 aliphatic rings. The van der Waals surface area contributed by atoms with Crippen molar-refractivity contribution in [1.82, 2.24) is 20.6 Å². The van der Waals surface area contributed by atoms with Gasteiger partial charge in [-0.2, -0.15) is 0 Å². The Bertz CT molecular complexity index is 757. The van der Waals surface area contributed by atoms with Crippen molar-refractivity contribution in [2.24, 2.45) is 0 Å². The van der Waals surface area contributed by atoms with E-state index in [-0.39, 0.29) is 17.8 Å². The molecule has 2 rings (SSSR count). The van der Waals surface area contributed by atoms with E-state index in [2.05, 4.69) is 20.6 Å². The second-order valence-electron chi connectivity index (χ2n) is 4.82. The number of carbonyl (C=O) groups excluding carboxylic acids is 2. The second kappa shape index (κ2) is 8.33. The lowest BCUT2D eigenvalue weighted by Crippen LogP contribution is -2.33. The van der Waals surface area contributed by atoms with Crippen LogP contribution in [0.2, 0.25) is 0 Å². The van der Waals surface area contributed by atoms with E-state index in [1.807, 2.05) is 0 Å². The number of likely N-dealkylation sites (N-methyl/N-ethyl adjacent to an activating group) is 1. The van der Waals surface area contributed by atoms with Crippen molar-refractivity contribution >= 4 is 17.5 Å². The lowest BCUT2D eigenvalue weighted by Gasteiger charge is -2.09. The molecule has 0 aliphatic carbocycles. The number of rotatable bonds is 6. The molecule has 0 aromatic carbocycles. The molecule has 2 heterocycles. The van der Waals surface area contributed by atoms with Crippen LogP contribution in [0.1, 0.15) is 11.1 Å². The predicted octanol–water partition coefficient (Wildman–Crippen LogP) is 0.833. The molecule has 0 spiro atoms. The first-order valence-electron chi connectivity index (χ1n) is 7.21. The molecule has 24 heavy (non-hydrogen) atoms. The SMILES string of the molecule is CNC(=O)/C(=C\C(=N)c1ccncc1)C(=O)NCc1ccncc1. The first-order valence-corrected chi connectivity index (χ1v) is 7.21. The van der Waals surface area contributed by atoms with E-state index in [9.17, 15) is 9.59 Å². The maximum absolute atomic E-state index is 12.3. The Labute approximate surface area is 139 Å². The number of allylic oxidation sites excluding steroid dienone is 1. The van der Waals surface area contributed by atoms with Gasteiger partial charge in [0.25, 0.3) is 11.8 Å². The van der Waals surface area contributed by atoms with Crippen LogP contribution in [0, 0.1) is 5.41 Å². The van der Waals surface area contributed by atoms with Crippen molar-refractivity contribution in [1.29, 1.82) is 5.41 Å². The summed E-state index contributed by atoms with van der Waals surface area (Å²) >= 11 is 0. The van der Waals surface area contributed by atoms with Crippen molar-refractivity contribution < 1.29 is 9.59 Å². The van der Waals surface area contributed by atoms with Gasteiger partial charge in [0.05, 0.1) is 5.71 Å². The molecule has 7 heteroatoms. The van der Waals surface area contributed by atoms with Gasteiger partial charge in [-0.1, -0.05) is 0 Å². The number of nitrogens with one attached hydrogen (secondary N) is 3. The minimum absolute atomic E-state index is 0.0510. The monoisotopic (exact) mass is 323 g/mol. The fourth-order valence-electron chi connectivity index (χ4n) is 1.91. The number of amides is 2. The van der Waals surface area contributed by atoms with Crippen LogP contribution in [0.3, 0.4) is 0 Å². The number of hydrogen-bond acceptors (Lipinski definition) is 5. The van der Waals surface area contributed by atoms with Gasteiger partial charge >= 0.3 is 0 Å². The summed E-state index contributed by atoms with van der Waals surface area (Å²) in [5.74, 6) is -1.11. The largest absolute Gasteiger partial charge is 0.355 e. The summed E-state index contributed by atoms with van der Waals surface area (Å²) in [7, 11) is 1.43. The lowest BCUT2D eigenvalue weighted by molar-refractivity contribution is -0.123. The van der Waals surface area contributed by atoms with Crippen LogP contribution >= 0.6 is 0 Å². The van der Waals surface area contributed by atoms with Crippen LogP contribution in [0.4, 0.5) is 0 Å². The number of hydrogen-bond donors (Lipinski definition) is 3. The second-order valence-corrected chi connectivity index (χ2v) is 4.82. The standard InChI is InChI=1S/C17H17N5O2/c1-19-16(23)14(10-15(18)13-4-8-21-9-5-13)17(24)22-11-12-2-6-20-7-3-12/h2-10,18H,11H2,1H3,(H,19,23)(H,22,24)/b14-10+,18-15?. The normalized spacial score (nSPS) is 10.8. The molecule has 0 atom stereocenters. The first-order chi connectivity index (χ1) is 11.6. The van der Waals surface area contributed by atoms with Crippen LogP contribution in [-0.2, 0) is 16.1 Å². The molecule has 0 saturated heterocycles. The average Bonchev–Trinajstić information content (AvgIpc) is 2.65. The van der Waals surface area contributed by atoms with E-state index in [0.29, 0.717) is 5.56 Å². The number of nitrogens with zero attached hydrogens (tertiary/aromatic N) is 2. The molecule has 0 saturated carbocycles. The molecule has 2 aromatic rings. The molecule has 2 aromatic heterocycles. The molecule has 3 N–H and O–H groups in total. The average molecular weight is 323 g/mol. The number of aromatic nitrogens is 2. The summed E-state index contributed by atoms with van der Waals surface area (Å²) in [6, 6.07) is 6.80. The van der Waals surface area contributed by atoms with Crippen molar-refractivity contribution in [3.8, 4) is 0 Å². The summed E-state index contributed by atoms with van der Waals surface area (Å²) in [4.78, 5) is 32.1. The van der Waals surface area contributed by atoms with E-state index in [1.54, 1.807) is 49.1 Å². The summed E-state index contributed by atoms with van der Waals surface area (Å²) < 4.78 is 0. The zero-order valence-corrected chi connectivity index (χ0v) is 13.1. The topological polar surface area (TPSA) is 108 Å². The summed E-state index contributed by atoms with van der Waals surface area (Å²) in [6.45, 7) is 0.262. The van der Waals surface area contributed by atoms with E-state index in [0.717, 1.165) is 5.56 Å². The van der Waals surface area contributed by atoms with Gasteiger partial charge in [-0.05, 0) is 35.9 Å². The highest BCUT2D eigenvalue weighted by atomic mass is 16.2. The Hall–Kier alpha value is -3.35. The molecule has 7 nitrogen and oxygen atoms in total. The van der Waals surface area contributed by atoms with Gasteiger partial charge in [0.15, 0.2) is 0 Å². The van der Waals surface area contributed by atoms with Crippen LogP contribution in [0.25, 0.3) is 0 Å². The molecular formula is C17H17N5O2. The van der Waals surface area contributed by atoms with Crippen molar-refractivity contribution in [3.63, 3.8) is 0 Å². The van der Waals surface area contributed by atoms with Crippen molar-refractivity contribution in [3.05, 3.63) is 71.8 Å². The molecule has 0 fully saturated rings. The summed E-state index contributed by atoms with van der Waals surface area (Å²) in [5.41, 5.74) is 1.34. The first kappa shape index (κ1) is 17.0. The van der Waals surface area contributed by atoms with Crippen LogP contribution < -0.4 is 10.6 Å². The highest BCUT2D eigenvalue weighted by molar-refractivity contribution is 6.23. The van der Waals surface area contributed by atoms with Crippen molar-refractivity contribution in [2.45, 2.75) is 6.54 Å². The Morgan fingerprint density at radius 3 is 2.21 bits per heavy atom. The lowest BCUT2D eigenvalue weighted by atomic mass is 10.1. The maximum Gasteiger partial charge on any atom is 0.257 e. The van der Waals surface area contributed by atoms with E-state index >= 15 is 0 Å². The van der Waals surface area contributed by atoms with E-state index in [4.69, 9.17) is 5.41 Å². The van der Waals surface area contributed by atoms with Gasteiger partial charge in [-0.3, -0.25) is 19.6 Å². The quantitative estimate of drug-likeness (QED) is 0.317. The van der Waals surface area contributed by atoms with Crippen molar-refractivity contribution in [2.75, 3.05) is 7.05 Å². The van der Waals surface area contributed by atoms with E-state index in [1.165, 1.54) is 13.1 Å². The molecular weight excluding hydrogens is 306 g/mol. The third-order valence-electron chi connectivity index (χ3n) is 3.20. The summed E-state index contributed by atoms with van der Waals surface area (Å²) in [5, 5.41) is 13.1. The maximum atomic E-state index is 12.3. The number of carbonyl (C=O) groups is 2. The zero-order valence-electron chi connectivity index (χ0n) is 13.1. The highest BCUT2D eigenvalue weighted by Crippen LogP contribution is 2.04. The van der Waals surface area contributed by atoms with Gasteiger partial charge in [0, 0.05) is 43.9 Å².